The van der Waals surface area contributed by atoms with Gasteiger partial charge in [-0.25, -0.2) is 0 Å². The maximum absolute atomic E-state index is 12.4. The van der Waals surface area contributed by atoms with Crippen LogP contribution in [0.25, 0.3) is 0 Å². The monoisotopic (exact) mass is 292 g/mol. The third-order valence-corrected chi connectivity index (χ3v) is 4.49. The Morgan fingerprint density at radius 3 is 3.00 bits per heavy atom. The van der Waals surface area contributed by atoms with Gasteiger partial charge in [0.05, 0.1) is 18.3 Å². The van der Waals surface area contributed by atoms with Crippen LogP contribution in [0.5, 0.6) is 0 Å². The molecule has 6 nitrogen and oxygen atoms in total. The molecule has 1 unspecified atom stereocenters. The second-order valence-corrected chi connectivity index (χ2v) is 6.03. The molecule has 2 fully saturated rings. The van der Waals surface area contributed by atoms with E-state index in [-0.39, 0.29) is 11.9 Å². The van der Waals surface area contributed by atoms with Crippen molar-refractivity contribution in [2.45, 2.75) is 51.2 Å². The van der Waals surface area contributed by atoms with Crippen molar-refractivity contribution in [3.05, 3.63) is 17.5 Å². The Morgan fingerprint density at radius 1 is 1.48 bits per heavy atom. The summed E-state index contributed by atoms with van der Waals surface area (Å²) in [5, 5.41) is 10.2. The van der Waals surface area contributed by atoms with E-state index in [1.54, 1.807) is 0 Å². The van der Waals surface area contributed by atoms with E-state index < -0.39 is 0 Å². The Bertz CT molecular complexity index is 482. The van der Waals surface area contributed by atoms with E-state index in [2.05, 4.69) is 20.7 Å². The van der Waals surface area contributed by atoms with Crippen molar-refractivity contribution >= 4 is 5.91 Å². The third kappa shape index (κ3) is 3.44. The summed E-state index contributed by atoms with van der Waals surface area (Å²) >= 11 is 0. The van der Waals surface area contributed by atoms with Gasteiger partial charge in [0.1, 0.15) is 0 Å². The van der Waals surface area contributed by atoms with E-state index in [0.29, 0.717) is 18.3 Å². The van der Waals surface area contributed by atoms with E-state index in [1.807, 2.05) is 13.0 Å². The first-order valence-electron chi connectivity index (χ1n) is 7.90. The Balaban J connectivity index is 1.55. The van der Waals surface area contributed by atoms with Crippen LogP contribution in [0.3, 0.4) is 0 Å². The van der Waals surface area contributed by atoms with Crippen LogP contribution in [0.15, 0.2) is 10.6 Å². The van der Waals surface area contributed by atoms with Gasteiger partial charge in [-0.3, -0.25) is 9.69 Å². The fourth-order valence-corrected chi connectivity index (χ4v) is 3.44. The minimum atomic E-state index is 0.0251. The molecule has 0 radical (unpaired) electrons. The van der Waals surface area contributed by atoms with Gasteiger partial charge in [0.25, 0.3) is 0 Å². The fourth-order valence-electron chi connectivity index (χ4n) is 3.44. The number of carbonyl (C=O) groups is 1. The van der Waals surface area contributed by atoms with E-state index in [4.69, 9.17) is 4.52 Å². The molecule has 0 aromatic carbocycles. The summed E-state index contributed by atoms with van der Waals surface area (Å²) in [6.45, 7) is 5.48. The molecule has 1 atom stereocenters. The molecule has 1 aromatic rings. The lowest BCUT2D eigenvalue weighted by molar-refractivity contribution is -0.126. The fraction of sp³-hybridized carbons (Fsp3) is 0.733. The molecule has 116 valence electrons. The number of piperidine rings is 1. The van der Waals surface area contributed by atoms with Crippen molar-refractivity contribution in [1.29, 1.82) is 0 Å². The molecule has 2 aliphatic rings. The maximum atomic E-state index is 12.4. The van der Waals surface area contributed by atoms with Crippen molar-refractivity contribution in [3.63, 3.8) is 0 Å². The van der Waals surface area contributed by atoms with Crippen LogP contribution in [0.2, 0.25) is 0 Å². The lowest BCUT2D eigenvalue weighted by Gasteiger charge is -2.35. The van der Waals surface area contributed by atoms with Crippen LogP contribution in [0.1, 0.15) is 37.1 Å². The zero-order valence-electron chi connectivity index (χ0n) is 12.6. The van der Waals surface area contributed by atoms with Crippen molar-refractivity contribution < 1.29 is 9.32 Å². The van der Waals surface area contributed by atoms with Crippen molar-refractivity contribution in [2.75, 3.05) is 19.6 Å². The van der Waals surface area contributed by atoms with E-state index in [1.165, 1.54) is 0 Å². The first-order chi connectivity index (χ1) is 10.2. The summed E-state index contributed by atoms with van der Waals surface area (Å²) in [7, 11) is 0. The van der Waals surface area contributed by atoms with E-state index in [9.17, 15) is 4.79 Å². The van der Waals surface area contributed by atoms with Crippen molar-refractivity contribution in [1.82, 2.24) is 20.7 Å². The molecule has 1 amide bonds. The SMILES string of the molecule is Cc1cc(CNC(=O)C2CCCN2C2CCNCC2)on1. The highest BCUT2D eigenvalue weighted by atomic mass is 16.5. The van der Waals surface area contributed by atoms with Crippen molar-refractivity contribution in [2.24, 2.45) is 0 Å². The molecule has 0 aliphatic carbocycles. The van der Waals surface area contributed by atoms with Gasteiger partial charge in [-0.15, -0.1) is 0 Å². The highest BCUT2D eigenvalue weighted by Crippen LogP contribution is 2.24. The number of rotatable bonds is 4. The van der Waals surface area contributed by atoms with Gasteiger partial charge in [-0.1, -0.05) is 5.16 Å². The Labute approximate surface area is 125 Å². The maximum Gasteiger partial charge on any atom is 0.237 e. The Morgan fingerprint density at radius 2 is 2.29 bits per heavy atom. The number of aromatic nitrogens is 1. The van der Waals surface area contributed by atoms with Gasteiger partial charge >= 0.3 is 0 Å². The zero-order valence-corrected chi connectivity index (χ0v) is 12.6. The van der Waals surface area contributed by atoms with Crippen molar-refractivity contribution in [3.8, 4) is 0 Å². The normalized spacial score (nSPS) is 24.3. The second-order valence-electron chi connectivity index (χ2n) is 6.03. The number of carbonyl (C=O) groups excluding carboxylic acids is 1. The molecule has 2 aliphatic heterocycles. The highest BCUT2D eigenvalue weighted by molar-refractivity contribution is 5.82. The predicted octanol–water partition coefficient (Wildman–Crippen LogP) is 0.816. The number of hydrogen-bond acceptors (Lipinski definition) is 5. The molecule has 3 heterocycles. The van der Waals surface area contributed by atoms with Crippen LogP contribution in [0.4, 0.5) is 0 Å². The summed E-state index contributed by atoms with van der Waals surface area (Å²) < 4.78 is 5.13. The smallest absolute Gasteiger partial charge is 0.237 e. The molecule has 21 heavy (non-hydrogen) atoms. The first-order valence-corrected chi connectivity index (χ1v) is 7.90. The van der Waals surface area contributed by atoms with Gasteiger partial charge in [0.15, 0.2) is 5.76 Å². The van der Waals surface area contributed by atoms with Gasteiger partial charge in [-0.05, 0) is 52.2 Å². The zero-order chi connectivity index (χ0) is 14.7. The predicted molar refractivity (Wildman–Crippen MR) is 78.7 cm³/mol. The van der Waals surface area contributed by atoms with E-state index >= 15 is 0 Å². The Kier molecular flexibility index (Phi) is 4.55. The summed E-state index contributed by atoms with van der Waals surface area (Å²) in [5.41, 5.74) is 0.844. The van der Waals surface area contributed by atoms with E-state index in [0.717, 1.165) is 51.0 Å². The van der Waals surface area contributed by atoms with Gasteiger partial charge in [-0.2, -0.15) is 0 Å². The second kappa shape index (κ2) is 6.58. The molecule has 0 bridgehead atoms. The highest BCUT2D eigenvalue weighted by Gasteiger charge is 2.35. The lowest BCUT2D eigenvalue weighted by Crippen LogP contribution is -2.50. The van der Waals surface area contributed by atoms with Crippen LogP contribution in [-0.4, -0.2) is 47.7 Å². The quantitative estimate of drug-likeness (QED) is 0.859. The standard InChI is InChI=1S/C15H24N4O2/c1-11-9-13(21-18-11)10-17-15(20)14-3-2-8-19(14)12-4-6-16-7-5-12/h9,12,14,16H,2-8,10H2,1H3,(H,17,20). The number of amides is 1. The number of nitrogens with one attached hydrogen (secondary N) is 2. The number of aryl methyl sites for hydroxylation is 1. The Hall–Kier alpha value is -1.40. The summed E-state index contributed by atoms with van der Waals surface area (Å²) in [4.78, 5) is 14.9. The minimum Gasteiger partial charge on any atom is -0.359 e. The van der Waals surface area contributed by atoms with Gasteiger partial charge < -0.3 is 15.2 Å². The summed E-state index contributed by atoms with van der Waals surface area (Å²) in [6, 6.07) is 2.44. The average Bonchev–Trinajstić information content (AvgIpc) is 3.14. The number of hydrogen-bond donors (Lipinski definition) is 2. The third-order valence-electron chi connectivity index (χ3n) is 4.49. The molecule has 2 saturated heterocycles. The lowest BCUT2D eigenvalue weighted by atomic mass is 10.0. The first kappa shape index (κ1) is 14.5. The summed E-state index contributed by atoms with van der Waals surface area (Å²) in [5.74, 6) is 0.840. The van der Waals surface area contributed by atoms with Gasteiger partial charge in [0, 0.05) is 12.1 Å². The van der Waals surface area contributed by atoms with Crippen LogP contribution in [0, 0.1) is 6.92 Å². The summed E-state index contributed by atoms with van der Waals surface area (Å²) in [6.07, 6.45) is 4.37. The van der Waals surface area contributed by atoms with Crippen LogP contribution < -0.4 is 10.6 Å². The molecule has 1 aromatic heterocycles. The molecule has 0 spiro atoms. The number of likely N-dealkylation sites (tertiary alicyclic amines) is 1. The molecule has 2 N–H and O–H groups in total. The van der Waals surface area contributed by atoms with Crippen LogP contribution in [-0.2, 0) is 11.3 Å². The largest absolute Gasteiger partial charge is 0.359 e. The minimum absolute atomic E-state index is 0.0251. The molecular formula is C15H24N4O2. The topological polar surface area (TPSA) is 70.4 Å². The molecule has 6 heteroatoms. The average molecular weight is 292 g/mol. The molecule has 0 saturated carbocycles. The molecular weight excluding hydrogens is 268 g/mol. The van der Waals surface area contributed by atoms with Crippen LogP contribution >= 0.6 is 0 Å². The number of nitrogens with zero attached hydrogens (tertiary/aromatic N) is 2. The molecule has 3 rings (SSSR count). The van der Waals surface area contributed by atoms with Gasteiger partial charge in [0.2, 0.25) is 5.91 Å².